The van der Waals surface area contributed by atoms with Gasteiger partial charge in [-0.05, 0) is 67.0 Å². The maximum atomic E-state index is 11.4. The van der Waals surface area contributed by atoms with E-state index in [4.69, 9.17) is 21.8 Å². The SMILES string of the molecule is CC1=C(C#N)c2nc(N)c(C#N)c(C)c2/C1=C/c1ccc(-c2ccc(Cl)c(C(=O)O)c2)o1. The first-order valence-electron chi connectivity index (χ1n) is 9.43. The molecule has 0 spiro atoms. The monoisotopic (exact) mass is 442 g/mol. The molecule has 0 fully saturated rings. The maximum Gasteiger partial charge on any atom is 0.337 e. The van der Waals surface area contributed by atoms with E-state index in [9.17, 15) is 20.4 Å². The normalized spacial score (nSPS) is 13.7. The average molecular weight is 443 g/mol. The number of aromatic carboxylic acids is 1. The molecule has 1 aromatic carbocycles. The molecule has 3 N–H and O–H groups in total. The average Bonchev–Trinajstić information content (AvgIpc) is 3.31. The van der Waals surface area contributed by atoms with Gasteiger partial charge >= 0.3 is 5.97 Å². The summed E-state index contributed by atoms with van der Waals surface area (Å²) in [5, 5.41) is 28.6. The van der Waals surface area contributed by atoms with Crippen LogP contribution >= 0.6 is 11.6 Å². The number of fused-ring (bicyclic) bond motifs is 1. The zero-order valence-corrected chi connectivity index (χ0v) is 17.8. The van der Waals surface area contributed by atoms with Crippen molar-refractivity contribution in [2.24, 2.45) is 0 Å². The molecular formula is C24H15ClN4O3. The van der Waals surface area contributed by atoms with E-state index in [0.717, 1.165) is 0 Å². The predicted octanol–water partition coefficient (Wildman–Crippen LogP) is 5.31. The Labute approximate surface area is 188 Å². The summed E-state index contributed by atoms with van der Waals surface area (Å²) in [6, 6.07) is 12.3. The Kier molecular flexibility index (Phi) is 5.06. The minimum Gasteiger partial charge on any atom is -0.478 e. The zero-order valence-electron chi connectivity index (χ0n) is 17.0. The predicted molar refractivity (Wildman–Crippen MR) is 120 cm³/mol. The Hall–Kier alpha value is -4.33. The number of carbonyl (C=O) groups is 1. The number of carboxylic acids is 1. The van der Waals surface area contributed by atoms with Crippen molar-refractivity contribution >= 4 is 40.6 Å². The summed E-state index contributed by atoms with van der Waals surface area (Å²) in [5.41, 5.74) is 10.3. The van der Waals surface area contributed by atoms with Crippen LogP contribution in [0.1, 0.15) is 45.4 Å². The van der Waals surface area contributed by atoms with Crippen molar-refractivity contribution in [2.45, 2.75) is 13.8 Å². The molecule has 0 bridgehead atoms. The number of carboxylic acid groups (broad SMARTS) is 1. The van der Waals surface area contributed by atoms with Gasteiger partial charge in [-0.2, -0.15) is 10.5 Å². The number of halogens is 1. The fourth-order valence-corrected chi connectivity index (χ4v) is 3.96. The number of nitrogens with two attached hydrogens (primary N) is 1. The fraction of sp³-hybridized carbons (Fsp3) is 0.0833. The highest BCUT2D eigenvalue weighted by Crippen LogP contribution is 2.44. The number of aromatic nitrogens is 1. The Bertz CT molecular complexity index is 1470. The number of benzene rings is 1. The van der Waals surface area contributed by atoms with Gasteiger partial charge in [0.25, 0.3) is 0 Å². The Morgan fingerprint density at radius 3 is 2.62 bits per heavy atom. The van der Waals surface area contributed by atoms with Gasteiger partial charge in [-0.1, -0.05) is 11.6 Å². The third-order valence-corrected chi connectivity index (χ3v) is 5.71. The van der Waals surface area contributed by atoms with Crippen LogP contribution in [-0.2, 0) is 0 Å². The third-order valence-electron chi connectivity index (χ3n) is 5.38. The van der Waals surface area contributed by atoms with Crippen LogP contribution in [0, 0.1) is 29.6 Å². The van der Waals surface area contributed by atoms with Crippen LogP contribution < -0.4 is 5.73 Å². The van der Waals surface area contributed by atoms with Crippen molar-refractivity contribution < 1.29 is 14.3 Å². The zero-order chi connectivity index (χ0) is 23.2. The molecule has 0 radical (unpaired) electrons. The summed E-state index contributed by atoms with van der Waals surface area (Å²) in [5.74, 6) is -0.0984. The summed E-state index contributed by atoms with van der Waals surface area (Å²) >= 11 is 5.95. The molecule has 2 heterocycles. The van der Waals surface area contributed by atoms with Gasteiger partial charge in [-0.15, -0.1) is 0 Å². The minimum absolute atomic E-state index is 0.0223. The van der Waals surface area contributed by atoms with Gasteiger partial charge in [-0.25, -0.2) is 9.78 Å². The van der Waals surface area contributed by atoms with Crippen molar-refractivity contribution in [1.29, 1.82) is 10.5 Å². The number of nitrogens with zero attached hydrogens (tertiary/aromatic N) is 3. The smallest absolute Gasteiger partial charge is 0.337 e. The standard InChI is InChI=1S/C24H15ClN4O3/c1-11-15(21-12(2)18(10-27)23(28)29-22(21)17(11)9-26)8-14-4-6-20(32-14)13-3-5-19(25)16(7-13)24(30)31/h3-8H,1-2H3,(H2,28,29)(H,30,31)/b15-8+. The third kappa shape index (κ3) is 3.22. The fourth-order valence-electron chi connectivity index (χ4n) is 3.77. The summed E-state index contributed by atoms with van der Waals surface area (Å²) < 4.78 is 5.93. The van der Waals surface area contributed by atoms with E-state index >= 15 is 0 Å². The van der Waals surface area contributed by atoms with Crippen molar-refractivity contribution in [2.75, 3.05) is 5.73 Å². The second-order valence-electron chi connectivity index (χ2n) is 7.20. The minimum atomic E-state index is -1.13. The molecule has 1 aliphatic rings. The van der Waals surface area contributed by atoms with Crippen LogP contribution in [-0.4, -0.2) is 16.1 Å². The molecule has 3 aromatic rings. The molecule has 0 saturated heterocycles. The highest BCUT2D eigenvalue weighted by molar-refractivity contribution is 6.33. The Morgan fingerprint density at radius 1 is 1.22 bits per heavy atom. The van der Waals surface area contributed by atoms with Gasteiger partial charge in [0.05, 0.1) is 27.4 Å². The van der Waals surface area contributed by atoms with Crippen LogP contribution in [0.5, 0.6) is 0 Å². The van der Waals surface area contributed by atoms with Crippen LogP contribution in [0.2, 0.25) is 5.02 Å². The molecule has 0 amide bonds. The van der Waals surface area contributed by atoms with E-state index in [0.29, 0.717) is 50.6 Å². The quantitative estimate of drug-likeness (QED) is 0.560. The number of pyridine rings is 1. The van der Waals surface area contributed by atoms with E-state index < -0.39 is 5.97 Å². The summed E-state index contributed by atoms with van der Waals surface area (Å²) in [4.78, 5) is 15.7. The van der Waals surface area contributed by atoms with Gasteiger partial charge < -0.3 is 15.3 Å². The second-order valence-corrected chi connectivity index (χ2v) is 7.61. The highest BCUT2D eigenvalue weighted by Gasteiger charge is 2.30. The van der Waals surface area contributed by atoms with E-state index in [1.807, 2.05) is 0 Å². The lowest BCUT2D eigenvalue weighted by molar-refractivity contribution is 0.0697. The van der Waals surface area contributed by atoms with Gasteiger partial charge in [0, 0.05) is 11.1 Å². The summed E-state index contributed by atoms with van der Waals surface area (Å²) in [6.07, 6.45) is 1.77. The molecule has 4 rings (SSSR count). The first kappa shape index (κ1) is 20.9. The summed E-state index contributed by atoms with van der Waals surface area (Å²) in [7, 11) is 0. The number of hydrogen-bond acceptors (Lipinski definition) is 6. The molecule has 2 aromatic heterocycles. The molecule has 0 unspecified atom stereocenters. The number of furan rings is 1. The van der Waals surface area contributed by atoms with Gasteiger partial charge in [-0.3, -0.25) is 0 Å². The molecular weight excluding hydrogens is 428 g/mol. The van der Waals surface area contributed by atoms with Crippen molar-refractivity contribution in [1.82, 2.24) is 4.98 Å². The molecule has 0 atom stereocenters. The van der Waals surface area contributed by atoms with Crippen LogP contribution in [0.15, 0.2) is 40.3 Å². The molecule has 156 valence electrons. The highest BCUT2D eigenvalue weighted by atomic mass is 35.5. The number of allylic oxidation sites excluding steroid dienone is 3. The van der Waals surface area contributed by atoms with Crippen LogP contribution in [0.4, 0.5) is 5.82 Å². The molecule has 0 saturated carbocycles. The van der Waals surface area contributed by atoms with Crippen molar-refractivity contribution in [3.8, 4) is 23.5 Å². The first-order valence-corrected chi connectivity index (χ1v) is 9.81. The Morgan fingerprint density at radius 2 is 1.97 bits per heavy atom. The number of hydrogen-bond donors (Lipinski definition) is 2. The lowest BCUT2D eigenvalue weighted by Gasteiger charge is -2.10. The van der Waals surface area contributed by atoms with E-state index in [1.165, 1.54) is 12.1 Å². The van der Waals surface area contributed by atoms with Gasteiger partial charge in [0.2, 0.25) is 0 Å². The first-order chi connectivity index (χ1) is 15.3. The molecule has 32 heavy (non-hydrogen) atoms. The largest absolute Gasteiger partial charge is 0.478 e. The van der Waals surface area contributed by atoms with Gasteiger partial charge in [0.15, 0.2) is 0 Å². The summed E-state index contributed by atoms with van der Waals surface area (Å²) in [6.45, 7) is 3.57. The molecule has 8 heteroatoms. The van der Waals surface area contributed by atoms with Crippen LogP contribution in [0.25, 0.3) is 28.5 Å². The topological polar surface area (TPSA) is 137 Å². The molecule has 0 aliphatic heterocycles. The lowest BCUT2D eigenvalue weighted by atomic mass is 9.96. The Balaban J connectivity index is 1.84. The molecule has 7 nitrogen and oxygen atoms in total. The number of nitriles is 2. The van der Waals surface area contributed by atoms with E-state index in [2.05, 4.69) is 17.1 Å². The van der Waals surface area contributed by atoms with E-state index in [1.54, 1.807) is 38.1 Å². The van der Waals surface area contributed by atoms with E-state index in [-0.39, 0.29) is 22.0 Å². The number of rotatable bonds is 3. The number of nitrogen functional groups attached to an aromatic ring is 1. The number of anilines is 1. The second kappa shape index (κ2) is 7.73. The van der Waals surface area contributed by atoms with Crippen molar-refractivity contribution in [3.05, 3.63) is 74.6 Å². The van der Waals surface area contributed by atoms with Crippen molar-refractivity contribution in [3.63, 3.8) is 0 Å². The maximum absolute atomic E-state index is 11.4. The van der Waals surface area contributed by atoms with Crippen LogP contribution in [0.3, 0.4) is 0 Å². The lowest BCUT2D eigenvalue weighted by Crippen LogP contribution is -2.03. The van der Waals surface area contributed by atoms with Gasteiger partial charge in [0.1, 0.15) is 29.5 Å². The molecule has 1 aliphatic carbocycles.